The highest BCUT2D eigenvalue weighted by atomic mass is 32.2. The first-order valence-electron chi connectivity index (χ1n) is 7.89. The molecule has 0 saturated carbocycles. The molecule has 0 bridgehead atoms. The summed E-state index contributed by atoms with van der Waals surface area (Å²) in [5.41, 5.74) is 2.51. The first-order chi connectivity index (χ1) is 13.3. The van der Waals surface area contributed by atoms with E-state index in [1.165, 1.54) is 23.1 Å². The van der Waals surface area contributed by atoms with E-state index in [4.69, 9.17) is 0 Å². The average Bonchev–Trinajstić information content (AvgIpc) is 3.37. The topological polar surface area (TPSA) is 109 Å². The minimum atomic E-state index is -0.161. The Hall–Kier alpha value is -3.11. The van der Waals surface area contributed by atoms with Crippen molar-refractivity contribution in [1.82, 2.24) is 30.1 Å². The van der Waals surface area contributed by atoms with Gasteiger partial charge in [0.05, 0.1) is 11.4 Å². The van der Waals surface area contributed by atoms with Crippen molar-refractivity contribution in [2.75, 3.05) is 11.1 Å². The van der Waals surface area contributed by atoms with Gasteiger partial charge in [0.15, 0.2) is 16.1 Å². The number of hydrogen-bond donors (Lipinski definition) is 2. The van der Waals surface area contributed by atoms with Crippen molar-refractivity contribution in [2.45, 2.75) is 5.16 Å². The average molecular weight is 395 g/mol. The lowest BCUT2D eigenvalue weighted by Gasteiger charge is -1.99. The number of pyridine rings is 2. The molecule has 0 fully saturated rings. The zero-order valence-electron chi connectivity index (χ0n) is 13.9. The first-order valence-corrected chi connectivity index (χ1v) is 9.76. The van der Waals surface area contributed by atoms with Gasteiger partial charge in [-0.1, -0.05) is 11.8 Å². The van der Waals surface area contributed by atoms with Gasteiger partial charge in [0.2, 0.25) is 5.91 Å². The molecule has 10 heteroatoms. The number of aromatic amines is 1. The molecule has 0 aliphatic carbocycles. The number of aromatic nitrogens is 6. The second-order valence-electron chi connectivity index (χ2n) is 5.32. The van der Waals surface area contributed by atoms with Crippen molar-refractivity contribution in [2.24, 2.45) is 0 Å². The molecule has 4 aromatic heterocycles. The van der Waals surface area contributed by atoms with Crippen LogP contribution < -0.4 is 5.32 Å². The van der Waals surface area contributed by atoms with Gasteiger partial charge in [0, 0.05) is 41.3 Å². The zero-order chi connectivity index (χ0) is 18.5. The number of amides is 1. The highest BCUT2D eigenvalue weighted by Gasteiger charge is 2.11. The molecule has 4 heterocycles. The van der Waals surface area contributed by atoms with Crippen LogP contribution in [-0.2, 0) is 4.79 Å². The molecular formula is C17H13N7OS2. The molecule has 2 N–H and O–H groups in total. The van der Waals surface area contributed by atoms with Crippen LogP contribution in [0.2, 0.25) is 0 Å². The number of anilines is 1. The Bertz CT molecular complexity index is 1030. The predicted molar refractivity (Wildman–Crippen MR) is 104 cm³/mol. The summed E-state index contributed by atoms with van der Waals surface area (Å²) in [6, 6.07) is 7.47. The molecule has 1 amide bonds. The summed E-state index contributed by atoms with van der Waals surface area (Å²) in [4.78, 5) is 29.0. The number of nitrogens with one attached hydrogen (secondary N) is 2. The van der Waals surface area contributed by atoms with Crippen LogP contribution in [0.1, 0.15) is 0 Å². The minimum absolute atomic E-state index is 0.161. The van der Waals surface area contributed by atoms with Gasteiger partial charge in [0.1, 0.15) is 0 Å². The fourth-order valence-corrected chi connectivity index (χ4v) is 3.54. The number of carbonyl (C=O) groups is 1. The summed E-state index contributed by atoms with van der Waals surface area (Å²) >= 11 is 2.64. The summed E-state index contributed by atoms with van der Waals surface area (Å²) in [7, 11) is 0. The van der Waals surface area contributed by atoms with E-state index in [9.17, 15) is 4.79 Å². The Morgan fingerprint density at radius 3 is 2.63 bits per heavy atom. The standard InChI is InChI=1S/C17H13N7OS2/c25-14(21-16-20-13(9-26-16)11-3-1-5-18-7-11)10-27-17-22-15(23-24-17)12-4-2-6-19-8-12/h1-9H,10H2,(H,20,21,25)(H,22,23,24). The van der Waals surface area contributed by atoms with Gasteiger partial charge >= 0.3 is 0 Å². The van der Waals surface area contributed by atoms with Gasteiger partial charge in [0.25, 0.3) is 0 Å². The lowest BCUT2D eigenvalue weighted by molar-refractivity contribution is -0.113. The molecule has 0 spiro atoms. The number of thiazole rings is 1. The molecule has 0 atom stereocenters. The molecule has 134 valence electrons. The van der Waals surface area contributed by atoms with Crippen LogP contribution in [0.3, 0.4) is 0 Å². The Kier molecular flexibility index (Phi) is 5.17. The lowest BCUT2D eigenvalue weighted by Crippen LogP contribution is -2.13. The first kappa shape index (κ1) is 17.3. The maximum Gasteiger partial charge on any atom is 0.236 e. The second-order valence-corrected chi connectivity index (χ2v) is 7.14. The number of H-pyrrole nitrogens is 1. The van der Waals surface area contributed by atoms with Crippen LogP contribution in [0, 0.1) is 0 Å². The molecule has 4 rings (SSSR count). The zero-order valence-corrected chi connectivity index (χ0v) is 15.5. The fourth-order valence-electron chi connectivity index (χ4n) is 2.20. The number of hydrogen-bond acceptors (Lipinski definition) is 8. The predicted octanol–water partition coefficient (Wildman–Crippen LogP) is 3.12. The number of rotatable bonds is 6. The second kappa shape index (κ2) is 8.06. The summed E-state index contributed by atoms with van der Waals surface area (Å²) in [5.74, 6) is 0.585. The van der Waals surface area contributed by atoms with Gasteiger partial charge in [-0.2, -0.15) is 5.10 Å². The Morgan fingerprint density at radius 2 is 1.89 bits per heavy atom. The number of nitrogens with zero attached hydrogens (tertiary/aromatic N) is 5. The highest BCUT2D eigenvalue weighted by Crippen LogP contribution is 2.24. The van der Waals surface area contributed by atoms with Crippen LogP contribution in [-0.4, -0.2) is 41.8 Å². The SMILES string of the molecule is O=C(CSc1nc(-c2cccnc2)n[nH]1)Nc1nc(-c2cccnc2)cs1. The third-order valence-corrected chi connectivity index (χ3v) is 5.05. The van der Waals surface area contributed by atoms with Crippen LogP contribution in [0.15, 0.2) is 59.6 Å². The van der Waals surface area contributed by atoms with E-state index in [-0.39, 0.29) is 11.7 Å². The van der Waals surface area contributed by atoms with E-state index >= 15 is 0 Å². The van der Waals surface area contributed by atoms with E-state index in [1.54, 1.807) is 24.8 Å². The van der Waals surface area contributed by atoms with Crippen molar-refractivity contribution in [1.29, 1.82) is 0 Å². The maximum absolute atomic E-state index is 12.2. The van der Waals surface area contributed by atoms with Crippen molar-refractivity contribution in [3.05, 3.63) is 54.4 Å². The fraction of sp³-hybridized carbons (Fsp3) is 0.0588. The minimum Gasteiger partial charge on any atom is -0.301 e. The molecule has 0 aliphatic rings. The van der Waals surface area contributed by atoms with E-state index in [0.717, 1.165) is 16.8 Å². The van der Waals surface area contributed by atoms with Crippen LogP contribution >= 0.6 is 23.1 Å². The Labute approximate surface area is 162 Å². The molecule has 8 nitrogen and oxygen atoms in total. The lowest BCUT2D eigenvalue weighted by atomic mass is 10.2. The van der Waals surface area contributed by atoms with Gasteiger partial charge < -0.3 is 5.32 Å². The van der Waals surface area contributed by atoms with E-state index in [0.29, 0.717) is 16.1 Å². The molecule has 4 aromatic rings. The largest absolute Gasteiger partial charge is 0.301 e. The Balaban J connectivity index is 1.33. The van der Waals surface area contributed by atoms with Gasteiger partial charge in [-0.05, 0) is 24.3 Å². The molecule has 0 saturated heterocycles. The van der Waals surface area contributed by atoms with Crippen molar-refractivity contribution < 1.29 is 4.79 Å². The summed E-state index contributed by atoms with van der Waals surface area (Å²) in [5, 5.41) is 12.8. The van der Waals surface area contributed by atoms with Gasteiger partial charge in [-0.15, -0.1) is 11.3 Å². The molecular weight excluding hydrogens is 382 g/mol. The smallest absolute Gasteiger partial charge is 0.236 e. The number of carbonyl (C=O) groups excluding carboxylic acids is 1. The van der Waals surface area contributed by atoms with Crippen molar-refractivity contribution >= 4 is 34.1 Å². The third kappa shape index (κ3) is 4.36. The maximum atomic E-state index is 12.2. The van der Waals surface area contributed by atoms with Gasteiger partial charge in [-0.3, -0.25) is 19.9 Å². The molecule has 0 aromatic carbocycles. The monoisotopic (exact) mass is 395 g/mol. The van der Waals surface area contributed by atoms with E-state index < -0.39 is 0 Å². The molecule has 0 radical (unpaired) electrons. The van der Waals surface area contributed by atoms with Crippen LogP contribution in [0.5, 0.6) is 0 Å². The van der Waals surface area contributed by atoms with E-state index in [2.05, 4.69) is 35.5 Å². The van der Waals surface area contributed by atoms with Crippen LogP contribution in [0.25, 0.3) is 22.6 Å². The van der Waals surface area contributed by atoms with E-state index in [1.807, 2.05) is 29.6 Å². The molecule has 0 unspecified atom stereocenters. The molecule has 27 heavy (non-hydrogen) atoms. The summed E-state index contributed by atoms with van der Waals surface area (Å²) < 4.78 is 0. The molecule has 0 aliphatic heterocycles. The summed E-state index contributed by atoms with van der Waals surface area (Å²) in [6.07, 6.45) is 6.82. The van der Waals surface area contributed by atoms with Crippen molar-refractivity contribution in [3.63, 3.8) is 0 Å². The summed E-state index contributed by atoms with van der Waals surface area (Å²) in [6.45, 7) is 0. The van der Waals surface area contributed by atoms with Gasteiger partial charge in [-0.25, -0.2) is 9.97 Å². The van der Waals surface area contributed by atoms with Crippen molar-refractivity contribution in [3.8, 4) is 22.6 Å². The quantitative estimate of drug-likeness (QED) is 0.483. The normalized spacial score (nSPS) is 10.7. The third-order valence-electron chi connectivity index (χ3n) is 3.43. The van der Waals surface area contributed by atoms with Crippen LogP contribution in [0.4, 0.5) is 5.13 Å². The Morgan fingerprint density at radius 1 is 1.11 bits per heavy atom. The number of thioether (sulfide) groups is 1. The highest BCUT2D eigenvalue weighted by molar-refractivity contribution is 7.99.